The van der Waals surface area contributed by atoms with Gasteiger partial charge in [-0.25, -0.2) is 0 Å². The number of fused-ring (bicyclic) bond motifs is 2. The van der Waals surface area contributed by atoms with Crippen LogP contribution in [0, 0.1) is 17.8 Å². The van der Waals surface area contributed by atoms with Gasteiger partial charge >= 0.3 is 0 Å². The number of likely N-dealkylation sites (tertiary alicyclic amines) is 1. The standard InChI is InChI=1S/C24H25ClN2O3S/c1-3-15-19-13(7-6-10-28)11-16(20-21(19)24(30)26(2)23(20)29)27(15)12-18-22(25)14-8-4-5-9-17(14)31-18/h3-5,8-9,11,15-16,19-21,28H,1,6-7,10,12H2,2H3. The Bertz CT molecular complexity index is 1110. The SMILES string of the molecule is C=CC1C2C(CCCO)=CC(C3C(=O)N(C)C(=O)C32)N1Cc1sc2ccccc2c1Cl. The Morgan fingerprint density at radius 1 is 1.19 bits per heavy atom. The van der Waals surface area contributed by atoms with Gasteiger partial charge in [0, 0.05) is 53.2 Å². The third kappa shape index (κ3) is 3.04. The Morgan fingerprint density at radius 3 is 2.65 bits per heavy atom. The predicted octanol–water partition coefficient (Wildman–Crippen LogP) is 3.85. The molecule has 6 rings (SSSR count). The van der Waals surface area contributed by atoms with E-state index in [9.17, 15) is 14.7 Å². The molecule has 2 fully saturated rings. The van der Waals surface area contributed by atoms with Crippen LogP contribution in [0.15, 0.2) is 48.6 Å². The number of carbonyl (C=O) groups excluding carboxylic acids is 2. The summed E-state index contributed by atoms with van der Waals surface area (Å²) in [6, 6.07) is 7.85. The zero-order chi connectivity index (χ0) is 21.9. The van der Waals surface area contributed by atoms with Gasteiger partial charge in [-0.3, -0.25) is 19.4 Å². The third-order valence-corrected chi connectivity index (χ3v) is 8.81. The van der Waals surface area contributed by atoms with Crippen LogP contribution in [0.5, 0.6) is 0 Å². The van der Waals surface area contributed by atoms with Gasteiger partial charge in [0.1, 0.15) is 0 Å². The Morgan fingerprint density at radius 2 is 1.94 bits per heavy atom. The van der Waals surface area contributed by atoms with Gasteiger partial charge in [0.2, 0.25) is 11.8 Å². The summed E-state index contributed by atoms with van der Waals surface area (Å²) in [4.78, 5) is 30.7. The van der Waals surface area contributed by atoms with Crippen molar-refractivity contribution >= 4 is 44.8 Å². The normalized spacial score (nSPS) is 30.2. The van der Waals surface area contributed by atoms with Gasteiger partial charge in [0.05, 0.1) is 16.9 Å². The summed E-state index contributed by atoms with van der Waals surface area (Å²) in [5.41, 5.74) is 1.17. The minimum absolute atomic E-state index is 0.0607. The fourth-order valence-corrected chi connectivity index (χ4v) is 7.26. The highest BCUT2D eigenvalue weighted by molar-refractivity contribution is 7.19. The maximum atomic E-state index is 13.0. The van der Waals surface area contributed by atoms with Gasteiger partial charge in [0.15, 0.2) is 0 Å². The molecule has 5 unspecified atom stereocenters. The van der Waals surface area contributed by atoms with Crippen molar-refractivity contribution in [2.75, 3.05) is 13.7 Å². The van der Waals surface area contributed by atoms with E-state index in [0.717, 1.165) is 26.4 Å². The summed E-state index contributed by atoms with van der Waals surface area (Å²) in [7, 11) is 1.59. The number of thiophene rings is 1. The van der Waals surface area contributed by atoms with E-state index in [2.05, 4.69) is 23.6 Å². The number of hydrogen-bond donors (Lipinski definition) is 1. The number of amides is 2. The lowest BCUT2D eigenvalue weighted by Gasteiger charge is -2.54. The Balaban J connectivity index is 1.57. The molecule has 0 radical (unpaired) electrons. The van der Waals surface area contributed by atoms with Gasteiger partial charge in [0.25, 0.3) is 0 Å². The number of benzene rings is 1. The molecule has 0 spiro atoms. The first-order valence-electron chi connectivity index (χ1n) is 10.6. The van der Waals surface area contributed by atoms with Crippen LogP contribution in [0.1, 0.15) is 17.7 Å². The molecule has 1 aromatic heterocycles. The van der Waals surface area contributed by atoms with Crippen molar-refractivity contribution in [1.29, 1.82) is 0 Å². The highest BCUT2D eigenvalue weighted by Crippen LogP contribution is 2.53. The largest absolute Gasteiger partial charge is 0.396 e. The van der Waals surface area contributed by atoms with E-state index in [1.807, 2.05) is 24.3 Å². The number of piperidine rings is 1. The van der Waals surface area contributed by atoms with Crippen molar-refractivity contribution in [2.24, 2.45) is 17.8 Å². The van der Waals surface area contributed by atoms with Gasteiger partial charge in [-0.1, -0.05) is 47.5 Å². The summed E-state index contributed by atoms with van der Waals surface area (Å²) < 4.78 is 1.14. The maximum Gasteiger partial charge on any atom is 0.234 e. The van der Waals surface area contributed by atoms with E-state index >= 15 is 0 Å². The van der Waals surface area contributed by atoms with Gasteiger partial charge in [-0.05, 0) is 18.9 Å². The number of rotatable bonds is 6. The summed E-state index contributed by atoms with van der Waals surface area (Å²) in [6.07, 6.45) is 5.47. The number of imide groups is 1. The minimum atomic E-state index is -0.371. The summed E-state index contributed by atoms with van der Waals surface area (Å²) in [6.45, 7) is 4.81. The first-order valence-corrected chi connectivity index (χ1v) is 11.8. The second-order valence-electron chi connectivity index (χ2n) is 8.61. The van der Waals surface area contributed by atoms with E-state index < -0.39 is 0 Å². The first-order chi connectivity index (χ1) is 15.0. The highest BCUT2D eigenvalue weighted by atomic mass is 35.5. The van der Waals surface area contributed by atoms with Crippen LogP contribution in [0.25, 0.3) is 10.1 Å². The van der Waals surface area contributed by atoms with Crippen LogP contribution in [0.4, 0.5) is 0 Å². The molecule has 2 bridgehead atoms. The zero-order valence-corrected chi connectivity index (χ0v) is 18.9. The number of halogens is 1. The van der Waals surface area contributed by atoms with Gasteiger partial charge in [-0.15, -0.1) is 17.9 Å². The molecule has 31 heavy (non-hydrogen) atoms. The molecule has 1 aliphatic carbocycles. The van der Waals surface area contributed by atoms with Crippen LogP contribution in [0.2, 0.25) is 5.02 Å². The van der Waals surface area contributed by atoms with Crippen molar-refractivity contribution in [3.63, 3.8) is 0 Å². The molecule has 5 nitrogen and oxygen atoms in total. The van der Waals surface area contributed by atoms with Crippen LogP contribution in [-0.2, 0) is 16.1 Å². The van der Waals surface area contributed by atoms with Gasteiger partial charge in [-0.2, -0.15) is 0 Å². The van der Waals surface area contributed by atoms with Crippen molar-refractivity contribution in [1.82, 2.24) is 9.80 Å². The number of nitrogens with zero attached hydrogens (tertiary/aromatic N) is 2. The molecule has 2 saturated heterocycles. The van der Waals surface area contributed by atoms with Crippen molar-refractivity contribution in [2.45, 2.75) is 31.5 Å². The Hall–Kier alpha value is -1.99. The second-order valence-corrected chi connectivity index (χ2v) is 10.1. The molecule has 1 N–H and O–H groups in total. The zero-order valence-electron chi connectivity index (χ0n) is 17.3. The maximum absolute atomic E-state index is 13.0. The van der Waals surface area contributed by atoms with Crippen LogP contribution in [0.3, 0.4) is 0 Å². The van der Waals surface area contributed by atoms with Crippen LogP contribution >= 0.6 is 22.9 Å². The van der Waals surface area contributed by atoms with Crippen molar-refractivity contribution in [3.8, 4) is 0 Å². The minimum Gasteiger partial charge on any atom is -0.396 e. The smallest absolute Gasteiger partial charge is 0.234 e. The molecule has 4 aliphatic rings. The molecule has 162 valence electrons. The van der Waals surface area contributed by atoms with Crippen molar-refractivity contribution in [3.05, 3.63) is 58.5 Å². The predicted molar refractivity (Wildman–Crippen MR) is 123 cm³/mol. The monoisotopic (exact) mass is 456 g/mol. The molecular formula is C24H25ClN2O3S. The van der Waals surface area contributed by atoms with E-state index in [1.165, 1.54) is 10.5 Å². The molecule has 4 heterocycles. The second kappa shape index (κ2) is 7.85. The summed E-state index contributed by atoms with van der Waals surface area (Å²) in [5, 5.41) is 11.2. The molecular weight excluding hydrogens is 432 g/mol. The average molecular weight is 457 g/mol. The third-order valence-electron chi connectivity index (χ3n) is 7.11. The first kappa shape index (κ1) is 20.9. The van der Waals surface area contributed by atoms with Crippen LogP contribution in [-0.4, -0.2) is 52.5 Å². The molecule has 1 aromatic carbocycles. The molecule has 5 atom stereocenters. The van der Waals surface area contributed by atoms with Crippen LogP contribution < -0.4 is 0 Å². The van der Waals surface area contributed by atoms with Crippen molar-refractivity contribution < 1.29 is 14.7 Å². The number of hydrogen-bond acceptors (Lipinski definition) is 5. The molecule has 3 aliphatic heterocycles. The molecule has 7 heteroatoms. The average Bonchev–Trinajstić information content (AvgIpc) is 3.22. The summed E-state index contributed by atoms with van der Waals surface area (Å²) in [5.74, 6) is -1.01. The number of aliphatic hydroxyl groups is 1. The summed E-state index contributed by atoms with van der Waals surface area (Å²) >= 11 is 8.41. The van der Waals surface area contributed by atoms with Gasteiger partial charge < -0.3 is 5.11 Å². The molecule has 2 amide bonds. The van der Waals surface area contributed by atoms with E-state index in [-0.39, 0.29) is 48.3 Å². The van der Waals surface area contributed by atoms with E-state index in [4.69, 9.17) is 11.6 Å². The quantitative estimate of drug-likeness (QED) is 0.529. The topological polar surface area (TPSA) is 60.9 Å². The fraction of sp³-hybridized carbons (Fsp3) is 0.417. The lowest BCUT2D eigenvalue weighted by Crippen LogP contribution is -2.61. The van der Waals surface area contributed by atoms with E-state index in [1.54, 1.807) is 18.4 Å². The fourth-order valence-electron chi connectivity index (χ4n) is 5.76. The Kier molecular flexibility index (Phi) is 5.29. The lowest BCUT2D eigenvalue weighted by atomic mass is 9.62. The Labute approximate surface area is 190 Å². The van der Waals surface area contributed by atoms with E-state index in [0.29, 0.717) is 13.0 Å². The number of carbonyl (C=O) groups is 2. The number of aliphatic hydroxyl groups excluding tert-OH is 1. The molecule has 0 saturated carbocycles. The molecule has 2 aromatic rings. The lowest BCUT2D eigenvalue weighted by molar-refractivity contribution is -0.138. The highest BCUT2D eigenvalue weighted by Gasteiger charge is 2.62.